The molecule has 2 aliphatic heterocycles. The van der Waals surface area contributed by atoms with Gasteiger partial charge in [-0.05, 0) is 137 Å². The van der Waals surface area contributed by atoms with Gasteiger partial charge >= 0.3 is 0 Å². The van der Waals surface area contributed by atoms with Crippen LogP contribution in [0.3, 0.4) is 0 Å². The van der Waals surface area contributed by atoms with Gasteiger partial charge in [-0.2, -0.15) is 0 Å². The lowest BCUT2D eigenvalue weighted by molar-refractivity contribution is 0.372. The fraction of sp³-hybridized carbons (Fsp3) is 0.0615. The van der Waals surface area contributed by atoms with Crippen molar-refractivity contribution in [1.82, 2.24) is 15.0 Å². The number of para-hydroxylation sites is 4. The summed E-state index contributed by atoms with van der Waals surface area (Å²) in [6.07, 6.45) is 9.34. The Morgan fingerprint density at radius 2 is 0.806 bits per heavy atom. The molecule has 5 nitrogen and oxygen atoms in total. The second kappa shape index (κ2) is 15.9. The standard InChI is InChI=1S/C65H43N5S2/c1-64-39-15-14-28-60(64)65(50-19-5-4-18-49(50)64)48-17-3-2-16-46(48)47-38-33-43(40-51(47)65)63-67-61(41-29-34-44(35-30-41)69-52-20-6-10-24-56(52)71-57-25-11-7-21-53(57)69)66-62(68-63)42-31-36-45(37-32-42)70-54-22-8-12-26-58(54)72-59-27-13-9-23-55(59)70/h2-40,60H,1H3. The zero-order valence-corrected chi connectivity index (χ0v) is 40.8. The second-order valence-electron chi connectivity index (χ2n) is 19.3. The number of fused-ring (bicyclic) bond motifs is 14. The summed E-state index contributed by atoms with van der Waals surface area (Å²) in [5, 5.41) is 0. The minimum Gasteiger partial charge on any atom is -0.308 e. The van der Waals surface area contributed by atoms with Crippen LogP contribution < -0.4 is 9.80 Å². The van der Waals surface area contributed by atoms with E-state index in [4.69, 9.17) is 15.0 Å². The molecule has 0 N–H and O–H groups in total. The Morgan fingerprint density at radius 1 is 0.389 bits per heavy atom. The molecule has 0 bridgehead atoms. The molecule has 0 fully saturated rings. The van der Waals surface area contributed by atoms with Crippen molar-refractivity contribution >= 4 is 57.6 Å². The van der Waals surface area contributed by atoms with Crippen LogP contribution in [0.25, 0.3) is 45.3 Å². The Kier molecular flexibility index (Phi) is 9.17. The van der Waals surface area contributed by atoms with Crippen LogP contribution in [0.4, 0.5) is 34.1 Å². The molecule has 9 aromatic carbocycles. The molecule has 0 saturated heterocycles. The molecule has 3 aliphatic carbocycles. The highest BCUT2D eigenvalue weighted by Crippen LogP contribution is 2.67. The predicted octanol–water partition coefficient (Wildman–Crippen LogP) is 17.1. The summed E-state index contributed by atoms with van der Waals surface area (Å²) < 4.78 is 0. The molecule has 3 unspecified atom stereocenters. The third-order valence-electron chi connectivity index (χ3n) is 15.5. The Morgan fingerprint density at radius 3 is 1.33 bits per heavy atom. The van der Waals surface area contributed by atoms with Gasteiger partial charge in [0.15, 0.2) is 17.5 Å². The number of hydrogen-bond acceptors (Lipinski definition) is 7. The molecule has 72 heavy (non-hydrogen) atoms. The number of hydrogen-bond donors (Lipinski definition) is 0. The van der Waals surface area contributed by atoms with Crippen LogP contribution in [0.1, 0.15) is 29.2 Å². The average Bonchev–Trinajstić information content (AvgIpc) is 3.87. The smallest absolute Gasteiger partial charge is 0.164 e. The number of rotatable bonds is 5. The van der Waals surface area contributed by atoms with Gasteiger partial charge in [0.1, 0.15) is 0 Å². The van der Waals surface area contributed by atoms with Crippen LogP contribution >= 0.6 is 23.5 Å². The van der Waals surface area contributed by atoms with Crippen LogP contribution in [0.2, 0.25) is 0 Å². The highest BCUT2D eigenvalue weighted by molar-refractivity contribution is 8.00. The van der Waals surface area contributed by atoms with Gasteiger partial charge in [-0.3, -0.25) is 0 Å². The number of allylic oxidation sites excluding steroid dienone is 4. The number of nitrogens with zero attached hydrogens (tertiary/aromatic N) is 5. The van der Waals surface area contributed by atoms with Gasteiger partial charge in [0.25, 0.3) is 0 Å². The quantitative estimate of drug-likeness (QED) is 0.170. The van der Waals surface area contributed by atoms with Crippen molar-refractivity contribution < 1.29 is 0 Å². The molecule has 7 heteroatoms. The molecule has 3 heterocycles. The van der Waals surface area contributed by atoms with Crippen molar-refractivity contribution in [3.05, 3.63) is 259 Å². The van der Waals surface area contributed by atoms with Crippen LogP contribution in [0.5, 0.6) is 0 Å². The minimum atomic E-state index is -0.409. The van der Waals surface area contributed by atoms with Gasteiger partial charge in [-0.1, -0.05) is 164 Å². The van der Waals surface area contributed by atoms with E-state index in [1.165, 1.54) is 75.7 Å². The summed E-state index contributed by atoms with van der Waals surface area (Å²) >= 11 is 3.63. The average molecular weight is 958 g/mol. The largest absolute Gasteiger partial charge is 0.308 e. The topological polar surface area (TPSA) is 45.2 Å². The first-order valence-electron chi connectivity index (χ1n) is 24.5. The minimum absolute atomic E-state index is 0.168. The summed E-state index contributed by atoms with van der Waals surface area (Å²) in [5.41, 5.74) is 16.9. The number of aromatic nitrogens is 3. The lowest BCUT2D eigenvalue weighted by atomic mass is 9.61. The molecular weight excluding hydrogens is 915 g/mol. The summed E-state index contributed by atoms with van der Waals surface area (Å²) in [7, 11) is 0. The first kappa shape index (κ1) is 41.5. The van der Waals surface area contributed by atoms with Crippen molar-refractivity contribution in [2.45, 2.75) is 37.3 Å². The predicted molar refractivity (Wildman–Crippen MR) is 295 cm³/mol. The Hall–Kier alpha value is -8.23. The van der Waals surface area contributed by atoms with E-state index in [9.17, 15) is 0 Å². The van der Waals surface area contributed by atoms with Crippen LogP contribution in [0, 0.1) is 5.92 Å². The molecule has 1 spiro atoms. The monoisotopic (exact) mass is 957 g/mol. The first-order valence-corrected chi connectivity index (χ1v) is 26.2. The molecule has 1 aromatic heterocycles. The molecule has 5 aliphatic rings. The van der Waals surface area contributed by atoms with E-state index in [-0.39, 0.29) is 11.3 Å². The molecular formula is C65H43N5S2. The molecule has 3 atom stereocenters. The fourth-order valence-corrected chi connectivity index (χ4v) is 14.5. The Labute approximate surface area is 427 Å². The van der Waals surface area contributed by atoms with E-state index in [0.29, 0.717) is 17.5 Å². The highest BCUT2D eigenvalue weighted by Gasteiger charge is 2.61. The zero-order valence-electron chi connectivity index (χ0n) is 39.1. The van der Waals surface area contributed by atoms with Gasteiger partial charge in [-0.15, -0.1) is 0 Å². The Bertz CT molecular complexity index is 3690. The lowest BCUT2D eigenvalue weighted by Gasteiger charge is -2.40. The third-order valence-corrected chi connectivity index (χ3v) is 17.8. The van der Waals surface area contributed by atoms with Crippen molar-refractivity contribution in [3.63, 3.8) is 0 Å². The van der Waals surface area contributed by atoms with Gasteiger partial charge in [0.05, 0.1) is 28.2 Å². The molecule has 10 aromatic rings. The maximum Gasteiger partial charge on any atom is 0.164 e. The summed E-state index contributed by atoms with van der Waals surface area (Å²) in [6.45, 7) is 2.42. The highest BCUT2D eigenvalue weighted by atomic mass is 32.2. The fourth-order valence-electron chi connectivity index (χ4n) is 12.4. The maximum absolute atomic E-state index is 5.41. The molecule has 0 radical (unpaired) electrons. The van der Waals surface area contributed by atoms with Crippen LogP contribution in [-0.2, 0) is 10.8 Å². The zero-order chi connectivity index (χ0) is 47.5. The number of benzene rings is 9. The van der Waals surface area contributed by atoms with E-state index < -0.39 is 5.41 Å². The molecule has 15 rings (SSSR count). The maximum atomic E-state index is 5.41. The van der Waals surface area contributed by atoms with Crippen molar-refractivity contribution in [2.75, 3.05) is 9.80 Å². The molecule has 0 amide bonds. The van der Waals surface area contributed by atoms with Crippen LogP contribution in [-0.4, -0.2) is 15.0 Å². The van der Waals surface area contributed by atoms with E-state index in [1.807, 2.05) is 23.5 Å². The van der Waals surface area contributed by atoms with E-state index in [2.05, 4.69) is 253 Å². The molecule has 0 saturated carbocycles. The first-order chi connectivity index (χ1) is 35.5. The third kappa shape index (κ3) is 6.01. The summed E-state index contributed by atoms with van der Waals surface area (Å²) in [6, 6.07) is 77.0. The molecule has 340 valence electrons. The van der Waals surface area contributed by atoms with Crippen molar-refractivity contribution in [1.29, 1.82) is 0 Å². The van der Waals surface area contributed by atoms with E-state index in [0.717, 1.165) is 28.1 Å². The van der Waals surface area contributed by atoms with Gasteiger partial charge in [0.2, 0.25) is 0 Å². The SMILES string of the molecule is CC12C=CC=CC1C1(c3ccccc3-c3ccc(-c4nc(-c5ccc(N6c7ccccc7Sc7ccccc76)cc5)nc(-c5ccc(N6c7ccccc7Sc7ccccc76)cc5)n4)cc31)c1ccccc12. The van der Waals surface area contributed by atoms with Crippen molar-refractivity contribution in [3.8, 4) is 45.3 Å². The van der Waals surface area contributed by atoms with E-state index in [1.54, 1.807) is 0 Å². The van der Waals surface area contributed by atoms with E-state index >= 15 is 0 Å². The van der Waals surface area contributed by atoms with Gasteiger partial charge in [0, 0.05) is 59.0 Å². The normalized spacial score (nSPS) is 19.2. The number of anilines is 6. The van der Waals surface area contributed by atoms with Crippen LogP contribution in [0.15, 0.2) is 256 Å². The summed E-state index contributed by atoms with van der Waals surface area (Å²) in [5.74, 6) is 2.04. The lowest BCUT2D eigenvalue weighted by Crippen LogP contribution is -2.38. The van der Waals surface area contributed by atoms with Gasteiger partial charge in [-0.25, -0.2) is 15.0 Å². The summed E-state index contributed by atoms with van der Waals surface area (Å²) in [4.78, 5) is 25.8. The Balaban J connectivity index is 0.889. The van der Waals surface area contributed by atoms with Gasteiger partial charge < -0.3 is 9.80 Å². The van der Waals surface area contributed by atoms with Crippen molar-refractivity contribution in [2.24, 2.45) is 5.92 Å². The second-order valence-corrected chi connectivity index (χ2v) is 21.5.